The van der Waals surface area contributed by atoms with E-state index in [0.29, 0.717) is 19.4 Å². The molecule has 2 rings (SSSR count). The number of carbonyl (C=O) groups excluding carboxylic acids is 2. The lowest BCUT2D eigenvalue weighted by atomic mass is 9.98. The number of sulfonamides is 1. The molecule has 156 valence electrons. The van der Waals surface area contributed by atoms with Crippen LogP contribution in [0.3, 0.4) is 0 Å². The van der Waals surface area contributed by atoms with Gasteiger partial charge in [-0.3, -0.25) is 9.59 Å². The molecule has 0 bridgehead atoms. The van der Waals surface area contributed by atoms with Gasteiger partial charge in [0.15, 0.2) is 0 Å². The molecular weight excluding hydrogens is 446 g/mol. The Morgan fingerprint density at radius 2 is 1.86 bits per heavy atom. The zero-order valence-electron chi connectivity index (χ0n) is 16.7. The van der Waals surface area contributed by atoms with Gasteiger partial charge in [-0.2, -0.15) is 4.31 Å². The average molecular weight is 474 g/mol. The topological polar surface area (TPSA) is 86.8 Å². The normalized spacial score (nSPS) is 18.5. The van der Waals surface area contributed by atoms with Crippen LogP contribution in [0.25, 0.3) is 0 Å². The minimum absolute atomic E-state index is 0.0495. The van der Waals surface area contributed by atoms with Crippen molar-refractivity contribution >= 4 is 37.8 Å². The lowest BCUT2D eigenvalue weighted by molar-refractivity contribution is -0.139. The first-order valence-electron chi connectivity index (χ1n) is 9.22. The highest BCUT2D eigenvalue weighted by molar-refractivity contribution is 9.10. The van der Waals surface area contributed by atoms with E-state index in [-0.39, 0.29) is 35.3 Å². The fraction of sp³-hybridized carbons (Fsp3) is 0.579. The maximum Gasteiger partial charge on any atom is 0.243 e. The second-order valence-electron chi connectivity index (χ2n) is 8.15. The van der Waals surface area contributed by atoms with E-state index in [2.05, 4.69) is 21.2 Å². The van der Waals surface area contributed by atoms with Gasteiger partial charge in [-0.05, 0) is 57.9 Å². The molecule has 1 atom stereocenters. The summed E-state index contributed by atoms with van der Waals surface area (Å²) in [5, 5.41) is 2.82. The number of carbonyl (C=O) groups is 2. The maximum absolute atomic E-state index is 12.9. The van der Waals surface area contributed by atoms with Crippen LogP contribution in [0, 0.1) is 5.92 Å². The number of piperidine rings is 1. The minimum Gasteiger partial charge on any atom is -0.350 e. The quantitative estimate of drug-likeness (QED) is 0.709. The summed E-state index contributed by atoms with van der Waals surface area (Å²) in [5.41, 5.74) is -0.374. The van der Waals surface area contributed by atoms with E-state index in [1.54, 1.807) is 31.3 Å². The Labute approximate surface area is 175 Å². The van der Waals surface area contributed by atoms with Gasteiger partial charge in [0, 0.05) is 30.1 Å². The van der Waals surface area contributed by atoms with E-state index < -0.39 is 15.9 Å². The molecule has 1 unspecified atom stereocenters. The van der Waals surface area contributed by atoms with E-state index in [0.717, 1.165) is 4.47 Å². The van der Waals surface area contributed by atoms with Crippen LogP contribution in [-0.4, -0.2) is 61.7 Å². The van der Waals surface area contributed by atoms with Crippen molar-refractivity contribution in [2.45, 2.75) is 44.0 Å². The van der Waals surface area contributed by atoms with E-state index >= 15 is 0 Å². The van der Waals surface area contributed by atoms with Crippen LogP contribution >= 0.6 is 15.9 Å². The van der Waals surface area contributed by atoms with Gasteiger partial charge >= 0.3 is 0 Å². The molecule has 0 spiro atoms. The molecule has 1 aliphatic heterocycles. The first-order chi connectivity index (χ1) is 12.9. The van der Waals surface area contributed by atoms with Crippen molar-refractivity contribution in [2.24, 2.45) is 5.92 Å². The van der Waals surface area contributed by atoms with Gasteiger partial charge in [0.1, 0.15) is 0 Å². The van der Waals surface area contributed by atoms with Gasteiger partial charge in [0.05, 0.1) is 17.4 Å². The summed E-state index contributed by atoms with van der Waals surface area (Å²) in [6.45, 7) is 6.08. The Kier molecular flexibility index (Phi) is 7.27. The van der Waals surface area contributed by atoms with E-state index in [1.807, 2.05) is 20.8 Å². The third-order valence-electron chi connectivity index (χ3n) is 4.46. The lowest BCUT2D eigenvalue weighted by Gasteiger charge is -2.33. The number of hydrogen-bond donors (Lipinski definition) is 1. The molecule has 0 radical (unpaired) electrons. The molecule has 1 N–H and O–H groups in total. The van der Waals surface area contributed by atoms with Crippen LogP contribution in [0.1, 0.15) is 33.6 Å². The van der Waals surface area contributed by atoms with Crippen LogP contribution < -0.4 is 5.32 Å². The van der Waals surface area contributed by atoms with Gasteiger partial charge in [-0.15, -0.1) is 0 Å². The predicted octanol–water partition coefficient (Wildman–Crippen LogP) is 2.22. The smallest absolute Gasteiger partial charge is 0.243 e. The maximum atomic E-state index is 12.9. The highest BCUT2D eigenvalue weighted by atomic mass is 79.9. The molecule has 0 aromatic heterocycles. The molecule has 1 heterocycles. The number of amides is 2. The monoisotopic (exact) mass is 473 g/mol. The summed E-state index contributed by atoms with van der Waals surface area (Å²) < 4.78 is 28.0. The van der Waals surface area contributed by atoms with Crippen LogP contribution in [0.4, 0.5) is 0 Å². The Morgan fingerprint density at radius 1 is 1.25 bits per heavy atom. The number of nitrogens with zero attached hydrogens (tertiary/aromatic N) is 2. The summed E-state index contributed by atoms with van der Waals surface area (Å²) >= 11 is 3.30. The summed E-state index contributed by atoms with van der Waals surface area (Å²) in [5.74, 6) is -0.898. The molecular formula is C19H28BrN3O4S. The third-order valence-corrected chi connectivity index (χ3v) is 6.86. The van der Waals surface area contributed by atoms with Gasteiger partial charge in [0.25, 0.3) is 0 Å². The van der Waals surface area contributed by atoms with Crippen molar-refractivity contribution in [2.75, 3.05) is 26.7 Å². The van der Waals surface area contributed by atoms with Crippen molar-refractivity contribution < 1.29 is 18.0 Å². The third kappa shape index (κ3) is 6.02. The SMILES string of the molecule is CN(CC(=O)NC(C)(C)C)C(=O)C1CCCN(S(=O)(=O)c2ccc(Br)cc2)C1. The average Bonchev–Trinajstić information content (AvgIpc) is 2.59. The standard InChI is InChI=1S/C19H28BrN3O4S/c1-19(2,3)21-17(24)13-22(4)18(25)14-6-5-11-23(12-14)28(26,27)16-9-7-15(20)8-10-16/h7-10,14H,5-6,11-13H2,1-4H3,(H,21,24). The summed E-state index contributed by atoms with van der Waals surface area (Å²) in [6, 6.07) is 6.46. The lowest BCUT2D eigenvalue weighted by Crippen LogP contribution is -2.49. The largest absolute Gasteiger partial charge is 0.350 e. The minimum atomic E-state index is -3.66. The zero-order chi connectivity index (χ0) is 21.1. The molecule has 1 fully saturated rings. The van der Waals surface area contributed by atoms with Gasteiger partial charge in [-0.1, -0.05) is 15.9 Å². The molecule has 1 aliphatic rings. The van der Waals surface area contributed by atoms with E-state index in [1.165, 1.54) is 9.21 Å². The van der Waals surface area contributed by atoms with Crippen molar-refractivity contribution in [3.8, 4) is 0 Å². The van der Waals surface area contributed by atoms with Crippen molar-refractivity contribution in [3.05, 3.63) is 28.7 Å². The highest BCUT2D eigenvalue weighted by Crippen LogP contribution is 2.25. The number of rotatable bonds is 5. The molecule has 2 amide bonds. The number of nitrogens with one attached hydrogen (secondary N) is 1. The Bertz CT molecular complexity index is 819. The molecule has 0 saturated carbocycles. The highest BCUT2D eigenvalue weighted by Gasteiger charge is 2.34. The van der Waals surface area contributed by atoms with Gasteiger partial charge in [-0.25, -0.2) is 8.42 Å². The number of halogens is 1. The Balaban J connectivity index is 2.04. The number of likely N-dealkylation sites (N-methyl/N-ethyl adjacent to an activating group) is 1. The molecule has 1 saturated heterocycles. The summed E-state index contributed by atoms with van der Waals surface area (Å²) in [6.07, 6.45) is 1.21. The molecule has 0 aliphatic carbocycles. The van der Waals surface area contributed by atoms with Crippen LogP contribution in [0.5, 0.6) is 0 Å². The summed E-state index contributed by atoms with van der Waals surface area (Å²) in [4.78, 5) is 26.4. The van der Waals surface area contributed by atoms with E-state index in [4.69, 9.17) is 0 Å². The fourth-order valence-corrected chi connectivity index (χ4v) is 4.97. The number of hydrogen-bond acceptors (Lipinski definition) is 4. The van der Waals surface area contributed by atoms with E-state index in [9.17, 15) is 18.0 Å². The molecule has 1 aromatic rings. The van der Waals surface area contributed by atoms with Gasteiger partial charge in [0.2, 0.25) is 21.8 Å². The first kappa shape index (κ1) is 22.8. The Morgan fingerprint density at radius 3 is 2.43 bits per heavy atom. The fourth-order valence-electron chi connectivity index (χ4n) is 3.18. The molecule has 7 nitrogen and oxygen atoms in total. The van der Waals surface area contributed by atoms with Gasteiger partial charge < -0.3 is 10.2 Å². The second-order valence-corrected chi connectivity index (χ2v) is 11.0. The van der Waals surface area contributed by atoms with Crippen molar-refractivity contribution in [1.82, 2.24) is 14.5 Å². The molecule has 28 heavy (non-hydrogen) atoms. The number of benzene rings is 1. The van der Waals surface area contributed by atoms with Crippen molar-refractivity contribution in [1.29, 1.82) is 0 Å². The van der Waals surface area contributed by atoms with Crippen LogP contribution in [-0.2, 0) is 19.6 Å². The van der Waals surface area contributed by atoms with Crippen LogP contribution in [0.15, 0.2) is 33.6 Å². The van der Waals surface area contributed by atoms with Crippen molar-refractivity contribution in [3.63, 3.8) is 0 Å². The zero-order valence-corrected chi connectivity index (χ0v) is 19.1. The second kappa shape index (κ2) is 8.92. The first-order valence-corrected chi connectivity index (χ1v) is 11.4. The molecule has 9 heteroatoms. The Hall–Kier alpha value is -1.45. The summed E-state index contributed by atoms with van der Waals surface area (Å²) in [7, 11) is -2.08. The van der Waals surface area contributed by atoms with Crippen LogP contribution in [0.2, 0.25) is 0 Å². The molecule has 1 aromatic carbocycles. The predicted molar refractivity (Wildman–Crippen MR) is 111 cm³/mol.